The summed E-state index contributed by atoms with van der Waals surface area (Å²) in [6.45, 7) is 0. The van der Waals surface area contributed by atoms with E-state index in [1.807, 2.05) is 18.2 Å². The number of aliphatic carboxylic acids is 1. The van der Waals surface area contributed by atoms with E-state index in [4.69, 9.17) is 5.11 Å². The number of aromatic nitrogens is 1. The minimum absolute atomic E-state index is 0.0133. The normalized spacial score (nSPS) is 10.3. The SMILES string of the molecule is O=C(O)Cc1cc(NC(=O)c2cccc(-c3cccnc3)c2)ccc1F. The molecule has 6 heteroatoms. The van der Waals surface area contributed by atoms with Crippen LogP contribution in [-0.2, 0) is 11.2 Å². The monoisotopic (exact) mass is 350 g/mol. The average Bonchev–Trinajstić information content (AvgIpc) is 2.65. The number of benzene rings is 2. The summed E-state index contributed by atoms with van der Waals surface area (Å²) in [5, 5.41) is 11.5. The largest absolute Gasteiger partial charge is 0.481 e. The Hall–Kier alpha value is -3.54. The molecular formula is C20H15FN2O3. The van der Waals surface area contributed by atoms with Crippen molar-refractivity contribution in [3.8, 4) is 11.1 Å². The Labute approximate surface area is 149 Å². The van der Waals surface area contributed by atoms with E-state index in [9.17, 15) is 14.0 Å². The van der Waals surface area contributed by atoms with E-state index in [0.29, 0.717) is 11.3 Å². The lowest BCUT2D eigenvalue weighted by molar-refractivity contribution is -0.136. The first kappa shape index (κ1) is 17.3. The number of carboxylic acid groups (broad SMARTS) is 1. The first-order chi connectivity index (χ1) is 12.5. The second kappa shape index (κ2) is 7.57. The van der Waals surface area contributed by atoms with E-state index >= 15 is 0 Å². The summed E-state index contributed by atoms with van der Waals surface area (Å²) in [5.41, 5.74) is 2.50. The van der Waals surface area contributed by atoms with Gasteiger partial charge < -0.3 is 10.4 Å². The predicted molar refractivity (Wildman–Crippen MR) is 95.4 cm³/mol. The average molecular weight is 350 g/mol. The number of nitrogens with zero attached hydrogens (tertiary/aromatic N) is 1. The molecular weight excluding hydrogens is 335 g/mol. The number of halogens is 1. The minimum atomic E-state index is -1.14. The molecule has 0 bridgehead atoms. The molecule has 3 aromatic rings. The topological polar surface area (TPSA) is 79.3 Å². The summed E-state index contributed by atoms with van der Waals surface area (Å²) in [5.74, 6) is -2.14. The Balaban J connectivity index is 1.82. The number of anilines is 1. The molecule has 0 saturated heterocycles. The number of hydrogen-bond acceptors (Lipinski definition) is 3. The van der Waals surface area contributed by atoms with Crippen molar-refractivity contribution in [1.29, 1.82) is 0 Å². The van der Waals surface area contributed by atoms with Crippen LogP contribution in [0.4, 0.5) is 10.1 Å². The van der Waals surface area contributed by atoms with Crippen molar-refractivity contribution < 1.29 is 19.1 Å². The van der Waals surface area contributed by atoms with Crippen LogP contribution in [0.1, 0.15) is 15.9 Å². The molecule has 0 atom stereocenters. The molecule has 1 aromatic heterocycles. The van der Waals surface area contributed by atoms with Crippen LogP contribution in [0.5, 0.6) is 0 Å². The van der Waals surface area contributed by atoms with Gasteiger partial charge in [-0.2, -0.15) is 0 Å². The van der Waals surface area contributed by atoms with Crippen molar-refractivity contribution in [2.75, 3.05) is 5.32 Å². The number of pyridine rings is 1. The Morgan fingerprint density at radius 2 is 1.85 bits per heavy atom. The van der Waals surface area contributed by atoms with Gasteiger partial charge in [0.2, 0.25) is 0 Å². The lowest BCUT2D eigenvalue weighted by Crippen LogP contribution is -2.12. The molecule has 0 radical (unpaired) electrons. The molecule has 130 valence electrons. The van der Waals surface area contributed by atoms with Crippen molar-refractivity contribution in [3.05, 3.63) is 83.9 Å². The summed E-state index contributed by atoms with van der Waals surface area (Å²) >= 11 is 0. The molecule has 3 rings (SSSR count). The fourth-order valence-corrected chi connectivity index (χ4v) is 2.53. The van der Waals surface area contributed by atoms with Gasteiger partial charge in [0.05, 0.1) is 6.42 Å². The van der Waals surface area contributed by atoms with Crippen LogP contribution in [-0.4, -0.2) is 22.0 Å². The highest BCUT2D eigenvalue weighted by molar-refractivity contribution is 6.05. The van der Waals surface area contributed by atoms with Crippen LogP contribution in [0, 0.1) is 5.82 Å². The second-order valence-electron chi connectivity index (χ2n) is 5.65. The summed E-state index contributed by atoms with van der Waals surface area (Å²) in [4.78, 5) is 27.3. The highest BCUT2D eigenvalue weighted by Crippen LogP contribution is 2.21. The van der Waals surface area contributed by atoms with E-state index < -0.39 is 18.2 Å². The number of carboxylic acids is 1. The molecule has 1 amide bonds. The fraction of sp³-hybridized carbons (Fsp3) is 0.0500. The summed E-state index contributed by atoms with van der Waals surface area (Å²) in [6, 6.07) is 14.6. The molecule has 0 unspecified atom stereocenters. The molecule has 0 aliphatic rings. The van der Waals surface area contributed by atoms with Gasteiger partial charge in [-0.25, -0.2) is 4.39 Å². The number of amides is 1. The van der Waals surface area contributed by atoms with Crippen molar-refractivity contribution in [1.82, 2.24) is 4.98 Å². The Morgan fingerprint density at radius 1 is 1.04 bits per heavy atom. The number of hydrogen-bond donors (Lipinski definition) is 2. The smallest absolute Gasteiger partial charge is 0.307 e. The van der Waals surface area contributed by atoms with Crippen LogP contribution in [0.2, 0.25) is 0 Å². The molecule has 0 aliphatic carbocycles. The molecule has 26 heavy (non-hydrogen) atoms. The zero-order valence-electron chi connectivity index (χ0n) is 13.6. The third kappa shape index (κ3) is 4.10. The quantitative estimate of drug-likeness (QED) is 0.734. The maximum Gasteiger partial charge on any atom is 0.307 e. The van der Waals surface area contributed by atoms with Gasteiger partial charge in [-0.1, -0.05) is 18.2 Å². The van der Waals surface area contributed by atoms with E-state index in [1.54, 1.807) is 30.6 Å². The summed E-state index contributed by atoms with van der Waals surface area (Å²) < 4.78 is 13.6. The summed E-state index contributed by atoms with van der Waals surface area (Å²) in [7, 11) is 0. The Bertz CT molecular complexity index is 958. The second-order valence-corrected chi connectivity index (χ2v) is 5.65. The van der Waals surface area contributed by atoms with E-state index in [1.165, 1.54) is 12.1 Å². The zero-order chi connectivity index (χ0) is 18.5. The number of carbonyl (C=O) groups excluding carboxylic acids is 1. The molecule has 0 fully saturated rings. The molecule has 0 saturated carbocycles. The first-order valence-corrected chi connectivity index (χ1v) is 7.85. The van der Waals surface area contributed by atoms with Crippen molar-refractivity contribution in [2.45, 2.75) is 6.42 Å². The number of carbonyl (C=O) groups is 2. The van der Waals surface area contributed by atoms with Crippen molar-refractivity contribution >= 4 is 17.6 Å². The molecule has 2 N–H and O–H groups in total. The highest BCUT2D eigenvalue weighted by Gasteiger charge is 2.11. The molecule has 1 heterocycles. The predicted octanol–water partition coefficient (Wildman–Crippen LogP) is 3.77. The molecule has 5 nitrogen and oxygen atoms in total. The highest BCUT2D eigenvalue weighted by atomic mass is 19.1. The maximum atomic E-state index is 13.6. The van der Waals surface area contributed by atoms with Crippen LogP contribution < -0.4 is 5.32 Å². The van der Waals surface area contributed by atoms with E-state index in [-0.39, 0.29) is 11.5 Å². The van der Waals surface area contributed by atoms with Gasteiger partial charge in [0.1, 0.15) is 5.82 Å². The van der Waals surface area contributed by atoms with Gasteiger partial charge in [0.25, 0.3) is 5.91 Å². The number of nitrogens with one attached hydrogen (secondary N) is 1. The maximum absolute atomic E-state index is 13.6. The standard InChI is InChI=1S/C20H15FN2O3/c21-18-7-6-17(10-16(18)11-19(24)25)23-20(26)14-4-1-3-13(9-14)15-5-2-8-22-12-15/h1-10,12H,11H2,(H,23,26)(H,24,25). The fourth-order valence-electron chi connectivity index (χ4n) is 2.53. The van der Waals surface area contributed by atoms with Crippen LogP contribution >= 0.6 is 0 Å². The van der Waals surface area contributed by atoms with E-state index in [0.717, 1.165) is 17.2 Å². The third-order valence-electron chi connectivity index (χ3n) is 3.76. The first-order valence-electron chi connectivity index (χ1n) is 7.85. The Kier molecular flexibility index (Phi) is 5.03. The van der Waals surface area contributed by atoms with E-state index in [2.05, 4.69) is 10.3 Å². The van der Waals surface area contributed by atoms with Crippen molar-refractivity contribution in [2.24, 2.45) is 0 Å². The van der Waals surface area contributed by atoms with Gasteiger partial charge >= 0.3 is 5.97 Å². The van der Waals surface area contributed by atoms with Crippen LogP contribution in [0.25, 0.3) is 11.1 Å². The zero-order valence-corrected chi connectivity index (χ0v) is 13.6. The van der Waals surface area contributed by atoms with Gasteiger partial charge in [-0.3, -0.25) is 14.6 Å². The molecule has 0 spiro atoms. The molecule has 0 aliphatic heterocycles. The van der Waals surface area contributed by atoms with Gasteiger partial charge in [-0.15, -0.1) is 0 Å². The lowest BCUT2D eigenvalue weighted by Gasteiger charge is -2.09. The lowest BCUT2D eigenvalue weighted by atomic mass is 10.0. The van der Waals surface area contributed by atoms with Crippen molar-refractivity contribution in [3.63, 3.8) is 0 Å². The van der Waals surface area contributed by atoms with Crippen LogP contribution in [0.15, 0.2) is 67.0 Å². The van der Waals surface area contributed by atoms with Gasteiger partial charge in [0, 0.05) is 34.8 Å². The van der Waals surface area contributed by atoms with Gasteiger partial charge in [-0.05, 0) is 42.0 Å². The third-order valence-corrected chi connectivity index (χ3v) is 3.76. The minimum Gasteiger partial charge on any atom is -0.481 e. The molecule has 2 aromatic carbocycles. The number of rotatable bonds is 5. The summed E-state index contributed by atoms with van der Waals surface area (Å²) in [6.07, 6.45) is 2.92. The van der Waals surface area contributed by atoms with Gasteiger partial charge in [0.15, 0.2) is 0 Å². The Morgan fingerprint density at radius 3 is 2.58 bits per heavy atom. The van der Waals surface area contributed by atoms with Crippen LogP contribution in [0.3, 0.4) is 0 Å².